The molecule has 3 rings (SSSR count). The van der Waals surface area contributed by atoms with Crippen molar-refractivity contribution < 1.29 is 4.79 Å². The standard InChI is InChI=1S/C15H14ClN3O/c1-8-18-12-6-10(9-2-4-11(16)5-3-9)7-13(20)14(12)15(17)19-8/h2-5,10H,6-7H2,1H3,(H2,17,18,19)/t10-/m1/s1. The van der Waals surface area contributed by atoms with E-state index in [4.69, 9.17) is 17.3 Å². The topological polar surface area (TPSA) is 68.9 Å². The zero-order valence-corrected chi connectivity index (χ0v) is 11.8. The Kier molecular flexibility index (Phi) is 3.18. The van der Waals surface area contributed by atoms with Crippen molar-refractivity contribution in [2.24, 2.45) is 0 Å². The number of ketones is 1. The number of nitrogen functional groups attached to an aromatic ring is 1. The number of aryl methyl sites for hydroxylation is 1. The van der Waals surface area contributed by atoms with Crippen LogP contribution in [0.1, 0.15) is 39.8 Å². The number of aromatic nitrogens is 2. The molecule has 1 aliphatic rings. The Morgan fingerprint density at radius 3 is 2.60 bits per heavy atom. The molecule has 1 aliphatic carbocycles. The van der Waals surface area contributed by atoms with Gasteiger partial charge in [-0.3, -0.25) is 4.79 Å². The van der Waals surface area contributed by atoms with Crippen molar-refractivity contribution in [2.45, 2.75) is 25.7 Å². The van der Waals surface area contributed by atoms with Crippen LogP contribution in [0.4, 0.5) is 5.82 Å². The number of carbonyl (C=O) groups is 1. The molecule has 0 fully saturated rings. The molecule has 0 saturated heterocycles. The Morgan fingerprint density at radius 2 is 1.90 bits per heavy atom. The highest BCUT2D eigenvalue weighted by molar-refractivity contribution is 6.30. The van der Waals surface area contributed by atoms with Crippen LogP contribution in [0, 0.1) is 6.92 Å². The van der Waals surface area contributed by atoms with E-state index < -0.39 is 0 Å². The van der Waals surface area contributed by atoms with E-state index in [0.29, 0.717) is 35.1 Å². The fourth-order valence-corrected chi connectivity index (χ4v) is 2.83. The lowest BCUT2D eigenvalue weighted by Crippen LogP contribution is -2.23. The van der Waals surface area contributed by atoms with Gasteiger partial charge in [0.05, 0.1) is 11.3 Å². The quantitative estimate of drug-likeness (QED) is 0.875. The average molecular weight is 288 g/mol. The fourth-order valence-electron chi connectivity index (χ4n) is 2.71. The molecule has 2 aromatic rings. The first-order chi connectivity index (χ1) is 9.54. The minimum atomic E-state index is 0.0173. The SMILES string of the molecule is Cc1nc(N)c2c(n1)C[C@@H](c1ccc(Cl)cc1)CC2=O. The molecule has 0 saturated carbocycles. The van der Waals surface area contributed by atoms with Crippen molar-refractivity contribution in [2.75, 3.05) is 5.73 Å². The summed E-state index contributed by atoms with van der Waals surface area (Å²) >= 11 is 5.90. The molecule has 4 nitrogen and oxygen atoms in total. The summed E-state index contributed by atoms with van der Waals surface area (Å²) in [5.41, 5.74) is 8.20. The van der Waals surface area contributed by atoms with E-state index in [0.717, 1.165) is 11.3 Å². The van der Waals surface area contributed by atoms with Gasteiger partial charge in [-0.05, 0) is 37.0 Å². The summed E-state index contributed by atoms with van der Waals surface area (Å²) < 4.78 is 0. The molecular weight excluding hydrogens is 274 g/mol. The van der Waals surface area contributed by atoms with Gasteiger partial charge in [0.2, 0.25) is 0 Å². The van der Waals surface area contributed by atoms with Gasteiger partial charge in [-0.1, -0.05) is 23.7 Å². The van der Waals surface area contributed by atoms with Crippen LogP contribution >= 0.6 is 11.6 Å². The van der Waals surface area contributed by atoms with Crippen molar-refractivity contribution in [3.8, 4) is 0 Å². The summed E-state index contributed by atoms with van der Waals surface area (Å²) in [6.07, 6.45) is 1.14. The molecule has 0 amide bonds. The lowest BCUT2D eigenvalue weighted by Gasteiger charge is -2.24. The molecule has 1 aromatic carbocycles. The van der Waals surface area contributed by atoms with Crippen LogP contribution in [-0.4, -0.2) is 15.8 Å². The lowest BCUT2D eigenvalue weighted by molar-refractivity contribution is 0.0963. The van der Waals surface area contributed by atoms with Crippen LogP contribution in [0.15, 0.2) is 24.3 Å². The van der Waals surface area contributed by atoms with Crippen LogP contribution in [0.2, 0.25) is 5.02 Å². The Hall–Kier alpha value is -1.94. The second-order valence-corrected chi connectivity index (χ2v) is 5.49. The van der Waals surface area contributed by atoms with Gasteiger partial charge in [-0.2, -0.15) is 0 Å². The zero-order valence-electron chi connectivity index (χ0n) is 11.1. The van der Waals surface area contributed by atoms with Gasteiger partial charge >= 0.3 is 0 Å². The minimum Gasteiger partial charge on any atom is -0.383 e. The summed E-state index contributed by atoms with van der Waals surface area (Å²) in [4.78, 5) is 20.7. The minimum absolute atomic E-state index is 0.0173. The largest absolute Gasteiger partial charge is 0.383 e. The van der Waals surface area contributed by atoms with Crippen molar-refractivity contribution in [1.29, 1.82) is 0 Å². The molecule has 102 valence electrons. The summed E-state index contributed by atoms with van der Waals surface area (Å²) in [5, 5.41) is 0.693. The highest BCUT2D eigenvalue weighted by atomic mass is 35.5. The van der Waals surface area contributed by atoms with Crippen LogP contribution < -0.4 is 5.73 Å². The molecule has 1 aromatic heterocycles. The second kappa shape index (κ2) is 4.87. The maximum absolute atomic E-state index is 12.3. The molecule has 1 heterocycles. The zero-order chi connectivity index (χ0) is 14.3. The molecule has 0 spiro atoms. The third-order valence-electron chi connectivity index (χ3n) is 3.62. The van der Waals surface area contributed by atoms with Gasteiger partial charge in [0.1, 0.15) is 11.6 Å². The Morgan fingerprint density at radius 1 is 1.20 bits per heavy atom. The number of nitrogens with two attached hydrogens (primary N) is 1. The van der Waals surface area contributed by atoms with Crippen molar-refractivity contribution in [3.05, 3.63) is 51.9 Å². The number of rotatable bonds is 1. The summed E-state index contributed by atoms with van der Waals surface area (Å²) in [5.74, 6) is 1.04. The highest BCUT2D eigenvalue weighted by Gasteiger charge is 2.29. The van der Waals surface area contributed by atoms with Gasteiger partial charge in [0.25, 0.3) is 0 Å². The average Bonchev–Trinajstić information content (AvgIpc) is 2.38. The van der Waals surface area contributed by atoms with Gasteiger partial charge < -0.3 is 5.73 Å². The lowest BCUT2D eigenvalue weighted by atomic mass is 9.82. The Balaban J connectivity index is 2.00. The van der Waals surface area contributed by atoms with E-state index in [1.165, 1.54) is 0 Å². The highest BCUT2D eigenvalue weighted by Crippen LogP contribution is 2.34. The number of Topliss-reactive ketones (excluding diaryl/α,β-unsaturated/α-hetero) is 1. The predicted octanol–water partition coefficient (Wildman–Crippen LogP) is 2.93. The molecule has 0 unspecified atom stereocenters. The second-order valence-electron chi connectivity index (χ2n) is 5.06. The first kappa shape index (κ1) is 13.1. The molecule has 1 atom stereocenters. The van der Waals surface area contributed by atoms with E-state index in [-0.39, 0.29) is 11.7 Å². The maximum Gasteiger partial charge on any atom is 0.169 e. The summed E-state index contributed by atoms with van der Waals surface area (Å²) in [6.45, 7) is 1.78. The molecule has 5 heteroatoms. The fraction of sp³-hybridized carbons (Fsp3) is 0.267. The number of benzene rings is 1. The van der Waals surface area contributed by atoms with Crippen LogP contribution in [0.5, 0.6) is 0 Å². The van der Waals surface area contributed by atoms with Crippen LogP contribution in [0.3, 0.4) is 0 Å². The van der Waals surface area contributed by atoms with E-state index in [2.05, 4.69) is 9.97 Å². The number of nitrogens with zero attached hydrogens (tertiary/aromatic N) is 2. The van der Waals surface area contributed by atoms with Gasteiger partial charge in [0, 0.05) is 11.4 Å². The number of halogens is 1. The predicted molar refractivity (Wildman–Crippen MR) is 78.0 cm³/mol. The first-order valence-electron chi connectivity index (χ1n) is 6.46. The van der Waals surface area contributed by atoms with Gasteiger partial charge in [-0.25, -0.2) is 9.97 Å². The number of anilines is 1. The van der Waals surface area contributed by atoms with E-state index in [9.17, 15) is 4.79 Å². The molecule has 0 radical (unpaired) electrons. The van der Waals surface area contributed by atoms with Crippen molar-refractivity contribution in [1.82, 2.24) is 9.97 Å². The number of fused-ring (bicyclic) bond motifs is 1. The maximum atomic E-state index is 12.3. The molecule has 2 N–H and O–H groups in total. The number of hydrogen-bond acceptors (Lipinski definition) is 4. The molecule has 0 aliphatic heterocycles. The third kappa shape index (κ3) is 2.27. The third-order valence-corrected chi connectivity index (χ3v) is 3.87. The van der Waals surface area contributed by atoms with E-state index in [1.54, 1.807) is 6.92 Å². The molecule has 0 bridgehead atoms. The normalized spacial score (nSPS) is 17.9. The van der Waals surface area contributed by atoms with Crippen molar-refractivity contribution >= 4 is 23.2 Å². The Labute approximate surface area is 122 Å². The van der Waals surface area contributed by atoms with E-state index in [1.807, 2.05) is 24.3 Å². The van der Waals surface area contributed by atoms with Crippen LogP contribution in [-0.2, 0) is 6.42 Å². The van der Waals surface area contributed by atoms with Crippen molar-refractivity contribution in [3.63, 3.8) is 0 Å². The summed E-state index contributed by atoms with van der Waals surface area (Å²) in [7, 11) is 0. The smallest absolute Gasteiger partial charge is 0.169 e. The number of hydrogen-bond donors (Lipinski definition) is 1. The van der Waals surface area contributed by atoms with Crippen LogP contribution in [0.25, 0.3) is 0 Å². The number of carbonyl (C=O) groups excluding carboxylic acids is 1. The Bertz CT molecular complexity index is 682. The van der Waals surface area contributed by atoms with E-state index >= 15 is 0 Å². The monoisotopic (exact) mass is 287 g/mol. The van der Waals surface area contributed by atoms with Gasteiger partial charge in [0.15, 0.2) is 5.78 Å². The first-order valence-corrected chi connectivity index (χ1v) is 6.84. The van der Waals surface area contributed by atoms with Gasteiger partial charge in [-0.15, -0.1) is 0 Å². The summed E-state index contributed by atoms with van der Waals surface area (Å²) in [6, 6.07) is 7.61. The molecule has 20 heavy (non-hydrogen) atoms. The molecular formula is C15H14ClN3O.